The Bertz CT molecular complexity index is 831. The molecule has 0 bridgehead atoms. The van der Waals surface area contributed by atoms with Crippen LogP contribution in [0, 0.1) is 12.8 Å². The molecule has 2 N–H and O–H groups in total. The predicted molar refractivity (Wildman–Crippen MR) is 97.1 cm³/mol. The number of hydrogen-bond donors (Lipinski definition) is 2. The minimum absolute atomic E-state index is 0.0289. The Kier molecular flexibility index (Phi) is 6.64. The van der Waals surface area contributed by atoms with Gasteiger partial charge >= 0.3 is 5.97 Å². The number of carboxylic acid groups (broad SMARTS) is 1. The average Bonchev–Trinajstić information content (AvgIpc) is 3.06. The van der Waals surface area contributed by atoms with Crippen LogP contribution in [0.15, 0.2) is 30.5 Å². The maximum Gasteiger partial charge on any atom is 0.308 e. The summed E-state index contributed by atoms with van der Waals surface area (Å²) in [5, 5.41) is 19.5. The minimum Gasteiger partial charge on any atom is -0.481 e. The largest absolute Gasteiger partial charge is 0.481 e. The van der Waals surface area contributed by atoms with Crippen LogP contribution in [0.2, 0.25) is 0 Å². The number of aryl methyl sites for hydroxylation is 1. The highest BCUT2D eigenvalue weighted by Gasteiger charge is 2.20. The Morgan fingerprint density at radius 1 is 1.30 bits per heavy atom. The molecular formula is C18H23N5O4. The molecule has 1 heterocycles. The number of carboxylic acids is 1. The van der Waals surface area contributed by atoms with Crippen molar-refractivity contribution in [2.24, 2.45) is 5.92 Å². The molecule has 27 heavy (non-hydrogen) atoms. The van der Waals surface area contributed by atoms with Crippen LogP contribution in [0.5, 0.6) is 0 Å². The molecule has 1 aromatic heterocycles. The molecular weight excluding hydrogens is 350 g/mol. The smallest absolute Gasteiger partial charge is 0.308 e. The number of benzene rings is 1. The van der Waals surface area contributed by atoms with E-state index < -0.39 is 17.8 Å². The van der Waals surface area contributed by atoms with E-state index in [1.165, 1.54) is 15.8 Å². The van der Waals surface area contributed by atoms with Crippen molar-refractivity contribution in [2.75, 3.05) is 20.6 Å². The summed E-state index contributed by atoms with van der Waals surface area (Å²) in [7, 11) is 3.24. The number of likely N-dealkylation sites (N-methyl/N-ethyl adjacent to an activating group) is 1. The van der Waals surface area contributed by atoms with E-state index in [9.17, 15) is 19.5 Å². The molecule has 2 aromatic rings. The molecule has 0 fully saturated rings. The Labute approximate surface area is 157 Å². The second-order valence-electron chi connectivity index (χ2n) is 6.53. The molecule has 0 saturated carbocycles. The van der Waals surface area contributed by atoms with Gasteiger partial charge in [0.2, 0.25) is 5.91 Å². The van der Waals surface area contributed by atoms with Gasteiger partial charge in [-0.2, -0.15) is 0 Å². The SMILES string of the molecule is Cc1cccc(CC(CNC(=O)c2cn(CC(=O)N(C)C)nn2)C(=O)O)c1. The highest BCUT2D eigenvalue weighted by Crippen LogP contribution is 2.11. The highest BCUT2D eigenvalue weighted by molar-refractivity contribution is 5.92. The molecule has 1 aromatic carbocycles. The monoisotopic (exact) mass is 373 g/mol. The summed E-state index contributed by atoms with van der Waals surface area (Å²) in [4.78, 5) is 36.8. The van der Waals surface area contributed by atoms with Crippen molar-refractivity contribution in [2.45, 2.75) is 19.9 Å². The molecule has 0 saturated heterocycles. The Morgan fingerprint density at radius 2 is 2.04 bits per heavy atom. The third kappa shape index (κ3) is 5.91. The molecule has 9 nitrogen and oxygen atoms in total. The summed E-state index contributed by atoms with van der Waals surface area (Å²) in [6, 6.07) is 7.59. The molecule has 0 aliphatic heterocycles. The summed E-state index contributed by atoms with van der Waals surface area (Å²) in [5.41, 5.74) is 1.97. The van der Waals surface area contributed by atoms with Gasteiger partial charge in [-0.05, 0) is 18.9 Å². The maximum absolute atomic E-state index is 12.2. The quantitative estimate of drug-likeness (QED) is 0.689. The van der Waals surface area contributed by atoms with Crippen molar-refractivity contribution in [1.82, 2.24) is 25.2 Å². The second kappa shape index (κ2) is 8.93. The van der Waals surface area contributed by atoms with Crippen molar-refractivity contribution < 1.29 is 19.5 Å². The minimum atomic E-state index is -0.989. The van der Waals surface area contributed by atoms with E-state index >= 15 is 0 Å². The molecule has 0 radical (unpaired) electrons. The molecule has 0 aliphatic rings. The van der Waals surface area contributed by atoms with Gasteiger partial charge in [-0.15, -0.1) is 5.10 Å². The molecule has 0 aliphatic carbocycles. The first-order valence-corrected chi connectivity index (χ1v) is 8.43. The lowest BCUT2D eigenvalue weighted by Gasteiger charge is -2.13. The number of carbonyl (C=O) groups excluding carboxylic acids is 2. The van der Waals surface area contributed by atoms with Crippen LogP contribution in [-0.2, 0) is 22.6 Å². The maximum atomic E-state index is 12.2. The van der Waals surface area contributed by atoms with Crippen LogP contribution in [0.25, 0.3) is 0 Å². The number of hydrogen-bond acceptors (Lipinski definition) is 5. The lowest BCUT2D eigenvalue weighted by atomic mass is 9.98. The van der Waals surface area contributed by atoms with E-state index in [0.29, 0.717) is 6.42 Å². The Morgan fingerprint density at radius 3 is 2.67 bits per heavy atom. The van der Waals surface area contributed by atoms with Crippen LogP contribution < -0.4 is 5.32 Å². The number of amides is 2. The molecule has 1 unspecified atom stereocenters. The van der Waals surface area contributed by atoms with Gasteiger partial charge in [-0.3, -0.25) is 14.4 Å². The van der Waals surface area contributed by atoms with Crippen LogP contribution in [-0.4, -0.2) is 63.4 Å². The number of aliphatic carboxylic acids is 1. The molecule has 9 heteroatoms. The normalized spacial score (nSPS) is 11.7. The van der Waals surface area contributed by atoms with E-state index in [4.69, 9.17) is 0 Å². The Balaban J connectivity index is 1.95. The van der Waals surface area contributed by atoms with Gasteiger partial charge in [-0.25, -0.2) is 4.68 Å². The van der Waals surface area contributed by atoms with Crippen molar-refractivity contribution in [3.05, 3.63) is 47.3 Å². The lowest BCUT2D eigenvalue weighted by molar-refractivity contribution is -0.141. The predicted octanol–water partition coefficient (Wildman–Crippen LogP) is 0.348. The third-order valence-corrected chi connectivity index (χ3v) is 3.99. The van der Waals surface area contributed by atoms with Gasteiger partial charge < -0.3 is 15.3 Å². The van der Waals surface area contributed by atoms with Gasteiger partial charge in [0.05, 0.1) is 12.1 Å². The van der Waals surface area contributed by atoms with Crippen LogP contribution in [0.4, 0.5) is 0 Å². The lowest BCUT2D eigenvalue weighted by Crippen LogP contribution is -2.34. The summed E-state index contributed by atoms with van der Waals surface area (Å²) in [6.07, 6.45) is 1.66. The van der Waals surface area contributed by atoms with Gasteiger partial charge in [0, 0.05) is 20.6 Å². The fraction of sp³-hybridized carbons (Fsp3) is 0.389. The first-order valence-electron chi connectivity index (χ1n) is 8.43. The van der Waals surface area contributed by atoms with Crippen LogP contribution in [0.3, 0.4) is 0 Å². The topological polar surface area (TPSA) is 117 Å². The zero-order valence-corrected chi connectivity index (χ0v) is 15.5. The number of aromatic nitrogens is 3. The fourth-order valence-electron chi connectivity index (χ4n) is 2.44. The van der Waals surface area contributed by atoms with Crippen molar-refractivity contribution in [3.8, 4) is 0 Å². The molecule has 0 spiro atoms. The highest BCUT2D eigenvalue weighted by atomic mass is 16.4. The number of nitrogens with one attached hydrogen (secondary N) is 1. The van der Waals surface area contributed by atoms with E-state index in [1.807, 2.05) is 31.2 Å². The van der Waals surface area contributed by atoms with Gasteiger partial charge in [0.25, 0.3) is 5.91 Å². The Hall–Kier alpha value is -3.23. The zero-order valence-electron chi connectivity index (χ0n) is 15.5. The first kappa shape index (κ1) is 20.1. The zero-order chi connectivity index (χ0) is 20.0. The molecule has 1 atom stereocenters. The van der Waals surface area contributed by atoms with Gasteiger partial charge in [0.15, 0.2) is 5.69 Å². The number of carbonyl (C=O) groups is 3. The van der Waals surface area contributed by atoms with Gasteiger partial charge in [-0.1, -0.05) is 35.0 Å². The van der Waals surface area contributed by atoms with Crippen molar-refractivity contribution >= 4 is 17.8 Å². The summed E-state index contributed by atoms with van der Waals surface area (Å²) in [6.45, 7) is 1.87. The third-order valence-electron chi connectivity index (χ3n) is 3.99. The van der Waals surface area contributed by atoms with Crippen LogP contribution >= 0.6 is 0 Å². The van der Waals surface area contributed by atoms with E-state index in [0.717, 1.165) is 11.1 Å². The van der Waals surface area contributed by atoms with Crippen molar-refractivity contribution in [1.29, 1.82) is 0 Å². The standard InChI is InChI=1S/C18H23N5O4/c1-12-5-4-6-13(7-12)8-14(18(26)27)9-19-17(25)15-10-23(21-20-15)11-16(24)22(2)3/h4-7,10,14H,8-9,11H2,1-3H3,(H,19,25)(H,26,27). The van der Waals surface area contributed by atoms with Crippen molar-refractivity contribution in [3.63, 3.8) is 0 Å². The number of rotatable bonds is 8. The summed E-state index contributed by atoms with van der Waals surface area (Å²) >= 11 is 0. The fourth-order valence-corrected chi connectivity index (χ4v) is 2.44. The molecule has 2 rings (SSSR count). The van der Waals surface area contributed by atoms with E-state index in [2.05, 4.69) is 15.6 Å². The van der Waals surface area contributed by atoms with E-state index in [-0.39, 0.29) is 24.7 Å². The van der Waals surface area contributed by atoms with Gasteiger partial charge in [0.1, 0.15) is 6.54 Å². The summed E-state index contributed by atoms with van der Waals surface area (Å²) < 4.78 is 1.26. The average molecular weight is 373 g/mol. The second-order valence-corrected chi connectivity index (χ2v) is 6.53. The first-order chi connectivity index (χ1) is 12.8. The van der Waals surface area contributed by atoms with Crippen LogP contribution in [0.1, 0.15) is 21.6 Å². The molecule has 2 amide bonds. The summed E-state index contributed by atoms with van der Waals surface area (Å²) in [5.74, 6) is -2.47. The van der Waals surface area contributed by atoms with E-state index in [1.54, 1.807) is 14.1 Å². The molecule has 144 valence electrons. The number of nitrogens with zero attached hydrogens (tertiary/aromatic N) is 4.